The molecule has 1 aromatic heterocycles. The summed E-state index contributed by atoms with van der Waals surface area (Å²) in [6.45, 7) is 2.92. The SMILES string of the molecule is CN=C(NCc1ccoc1)N1CC2C3CCC(O3)C2C1.I. The Hall–Kier alpha value is -0.760. The zero-order valence-electron chi connectivity index (χ0n) is 12.2. The highest BCUT2D eigenvalue weighted by Crippen LogP contribution is 2.47. The highest BCUT2D eigenvalue weighted by Gasteiger charge is 2.53. The Labute approximate surface area is 142 Å². The third-order valence-corrected chi connectivity index (χ3v) is 4.99. The van der Waals surface area contributed by atoms with E-state index in [0.29, 0.717) is 24.0 Å². The number of nitrogens with one attached hydrogen (secondary N) is 1. The first-order valence-electron chi connectivity index (χ1n) is 7.47. The van der Waals surface area contributed by atoms with E-state index in [-0.39, 0.29) is 24.0 Å². The number of aliphatic imine (C=N–C) groups is 1. The molecule has 6 heteroatoms. The van der Waals surface area contributed by atoms with Gasteiger partial charge < -0.3 is 19.4 Å². The van der Waals surface area contributed by atoms with Gasteiger partial charge in [-0.05, 0) is 18.9 Å². The molecule has 4 rings (SSSR count). The lowest BCUT2D eigenvalue weighted by molar-refractivity contribution is 0.0767. The minimum absolute atomic E-state index is 0. The number of fused-ring (bicyclic) bond motifs is 5. The van der Waals surface area contributed by atoms with Gasteiger partial charge in [-0.2, -0.15) is 0 Å². The van der Waals surface area contributed by atoms with Crippen LogP contribution in [0.3, 0.4) is 0 Å². The molecule has 1 N–H and O–H groups in total. The van der Waals surface area contributed by atoms with Crippen molar-refractivity contribution >= 4 is 29.9 Å². The van der Waals surface area contributed by atoms with Gasteiger partial charge in [0.1, 0.15) is 0 Å². The van der Waals surface area contributed by atoms with Crippen LogP contribution in [0.1, 0.15) is 18.4 Å². The van der Waals surface area contributed by atoms with Crippen molar-refractivity contribution < 1.29 is 9.15 Å². The highest BCUT2D eigenvalue weighted by atomic mass is 127. The molecular weight excluding hydrogens is 381 g/mol. The van der Waals surface area contributed by atoms with Crippen LogP contribution >= 0.6 is 24.0 Å². The number of rotatable bonds is 2. The van der Waals surface area contributed by atoms with Crippen LogP contribution < -0.4 is 5.32 Å². The van der Waals surface area contributed by atoms with E-state index in [2.05, 4.69) is 15.2 Å². The monoisotopic (exact) mass is 403 g/mol. The summed E-state index contributed by atoms with van der Waals surface area (Å²) in [7, 11) is 1.86. The first kappa shape index (κ1) is 15.1. The molecule has 0 saturated carbocycles. The van der Waals surface area contributed by atoms with Crippen molar-refractivity contribution in [2.45, 2.75) is 31.6 Å². The predicted octanol–water partition coefficient (Wildman–Crippen LogP) is 2.08. The van der Waals surface area contributed by atoms with Crippen LogP contribution in [0, 0.1) is 11.8 Å². The Bertz CT molecular complexity index is 487. The minimum Gasteiger partial charge on any atom is -0.472 e. The summed E-state index contributed by atoms with van der Waals surface area (Å²) in [6, 6.07) is 1.98. The fourth-order valence-corrected chi connectivity index (χ4v) is 4.04. The number of likely N-dealkylation sites (tertiary alicyclic amines) is 1. The molecule has 5 nitrogen and oxygen atoms in total. The lowest BCUT2D eigenvalue weighted by Gasteiger charge is -2.23. The van der Waals surface area contributed by atoms with Gasteiger partial charge in [0, 0.05) is 44.1 Å². The molecule has 4 atom stereocenters. The molecule has 3 saturated heterocycles. The zero-order chi connectivity index (χ0) is 13.5. The van der Waals surface area contributed by atoms with Crippen molar-refractivity contribution in [2.75, 3.05) is 20.1 Å². The van der Waals surface area contributed by atoms with Gasteiger partial charge in [-0.3, -0.25) is 4.99 Å². The number of guanidine groups is 1. The molecular formula is C15H22IN3O2. The van der Waals surface area contributed by atoms with Gasteiger partial charge in [0.2, 0.25) is 0 Å². The third-order valence-electron chi connectivity index (χ3n) is 4.99. The van der Waals surface area contributed by atoms with E-state index in [1.807, 2.05) is 13.1 Å². The maximum absolute atomic E-state index is 6.02. The Morgan fingerprint density at radius 2 is 2.05 bits per heavy atom. The molecule has 3 aliphatic heterocycles. The maximum atomic E-state index is 6.02. The number of ether oxygens (including phenoxy) is 1. The van der Waals surface area contributed by atoms with Gasteiger partial charge in [0.05, 0.1) is 24.7 Å². The number of nitrogens with zero attached hydrogens (tertiary/aromatic N) is 2. The van der Waals surface area contributed by atoms with E-state index in [1.54, 1.807) is 12.5 Å². The van der Waals surface area contributed by atoms with Gasteiger partial charge in [-0.15, -0.1) is 24.0 Å². The summed E-state index contributed by atoms with van der Waals surface area (Å²) >= 11 is 0. The van der Waals surface area contributed by atoms with Crippen LogP contribution in [0.2, 0.25) is 0 Å². The fraction of sp³-hybridized carbons (Fsp3) is 0.667. The largest absolute Gasteiger partial charge is 0.472 e. The Morgan fingerprint density at radius 1 is 1.33 bits per heavy atom. The Balaban J connectivity index is 0.00000132. The molecule has 0 spiro atoms. The Kier molecular flexibility index (Phi) is 4.44. The van der Waals surface area contributed by atoms with Crippen LogP contribution in [0.4, 0.5) is 0 Å². The molecule has 0 amide bonds. The summed E-state index contributed by atoms with van der Waals surface area (Å²) in [6.07, 6.45) is 6.98. The lowest BCUT2D eigenvalue weighted by atomic mass is 9.82. The van der Waals surface area contributed by atoms with E-state index >= 15 is 0 Å². The van der Waals surface area contributed by atoms with Crippen molar-refractivity contribution in [1.29, 1.82) is 0 Å². The number of hydrogen-bond donors (Lipinski definition) is 1. The molecule has 0 aromatic carbocycles. The van der Waals surface area contributed by atoms with Crippen molar-refractivity contribution in [3.8, 4) is 0 Å². The molecule has 4 unspecified atom stereocenters. The van der Waals surface area contributed by atoms with Gasteiger partial charge in [-0.1, -0.05) is 0 Å². The standard InChI is InChI=1S/C15H21N3O2.HI/c1-16-15(17-6-10-4-5-19-9-10)18-7-11-12(8-18)14-3-2-13(11)20-14;/h4-5,9,11-14H,2-3,6-8H2,1H3,(H,16,17);1H. The van der Waals surface area contributed by atoms with Crippen molar-refractivity contribution in [1.82, 2.24) is 10.2 Å². The van der Waals surface area contributed by atoms with Gasteiger partial charge >= 0.3 is 0 Å². The summed E-state index contributed by atoms with van der Waals surface area (Å²) in [5.41, 5.74) is 1.15. The zero-order valence-corrected chi connectivity index (χ0v) is 14.5. The van der Waals surface area contributed by atoms with Crippen LogP contribution in [-0.4, -0.2) is 43.2 Å². The quantitative estimate of drug-likeness (QED) is 0.467. The summed E-state index contributed by atoms with van der Waals surface area (Å²) < 4.78 is 11.1. The highest BCUT2D eigenvalue weighted by molar-refractivity contribution is 14.0. The average molecular weight is 403 g/mol. The third kappa shape index (κ3) is 2.67. The van der Waals surface area contributed by atoms with Gasteiger partial charge in [-0.25, -0.2) is 0 Å². The molecule has 1 aromatic rings. The van der Waals surface area contributed by atoms with Crippen LogP contribution in [-0.2, 0) is 11.3 Å². The smallest absolute Gasteiger partial charge is 0.193 e. The van der Waals surface area contributed by atoms with E-state index in [0.717, 1.165) is 31.2 Å². The van der Waals surface area contributed by atoms with E-state index < -0.39 is 0 Å². The van der Waals surface area contributed by atoms with Gasteiger partial charge in [0.15, 0.2) is 5.96 Å². The molecule has 0 aliphatic carbocycles. The van der Waals surface area contributed by atoms with E-state index in [9.17, 15) is 0 Å². The van der Waals surface area contributed by atoms with Crippen molar-refractivity contribution in [2.24, 2.45) is 16.8 Å². The molecule has 116 valence electrons. The first-order chi connectivity index (χ1) is 9.85. The minimum atomic E-state index is 0. The van der Waals surface area contributed by atoms with Gasteiger partial charge in [0.25, 0.3) is 0 Å². The molecule has 3 aliphatic rings. The molecule has 3 fully saturated rings. The molecule has 0 radical (unpaired) electrons. The normalized spacial score (nSPS) is 34.0. The predicted molar refractivity (Wildman–Crippen MR) is 90.8 cm³/mol. The van der Waals surface area contributed by atoms with E-state index in [1.165, 1.54) is 12.8 Å². The maximum Gasteiger partial charge on any atom is 0.193 e. The second kappa shape index (κ2) is 6.16. The van der Waals surface area contributed by atoms with E-state index in [4.69, 9.17) is 9.15 Å². The fourth-order valence-electron chi connectivity index (χ4n) is 4.04. The lowest BCUT2D eigenvalue weighted by Crippen LogP contribution is -2.40. The van der Waals surface area contributed by atoms with Crippen molar-refractivity contribution in [3.05, 3.63) is 24.2 Å². The first-order valence-corrected chi connectivity index (χ1v) is 7.47. The number of furan rings is 1. The number of hydrogen-bond acceptors (Lipinski definition) is 3. The second-order valence-corrected chi connectivity index (χ2v) is 6.06. The van der Waals surface area contributed by atoms with Crippen LogP contribution in [0.5, 0.6) is 0 Å². The Morgan fingerprint density at radius 3 is 2.62 bits per heavy atom. The van der Waals surface area contributed by atoms with Crippen LogP contribution in [0.25, 0.3) is 0 Å². The average Bonchev–Trinajstić information content (AvgIpc) is 3.22. The summed E-state index contributed by atoms with van der Waals surface area (Å²) in [5.74, 6) is 2.42. The summed E-state index contributed by atoms with van der Waals surface area (Å²) in [4.78, 5) is 6.82. The molecule has 21 heavy (non-hydrogen) atoms. The molecule has 2 bridgehead atoms. The summed E-state index contributed by atoms with van der Waals surface area (Å²) in [5, 5.41) is 3.43. The topological polar surface area (TPSA) is 50.0 Å². The second-order valence-electron chi connectivity index (χ2n) is 6.06. The van der Waals surface area contributed by atoms with Crippen molar-refractivity contribution in [3.63, 3.8) is 0 Å². The number of halogens is 1. The van der Waals surface area contributed by atoms with Crippen LogP contribution in [0.15, 0.2) is 28.0 Å². The molecule has 4 heterocycles.